The van der Waals surface area contributed by atoms with Gasteiger partial charge in [-0.05, 0) is 31.5 Å². The number of nitrogens with zero attached hydrogens (tertiary/aromatic N) is 1. The zero-order chi connectivity index (χ0) is 28.3. The second-order valence-electron chi connectivity index (χ2n) is 7.75. The molecule has 4 atom stereocenters. The third-order valence-corrected chi connectivity index (χ3v) is 5.23. The predicted octanol–water partition coefficient (Wildman–Crippen LogP) is 0.334. The number of aliphatic hydroxyl groups excluding tert-OH is 1. The number of rotatable bonds is 14. The Morgan fingerprint density at radius 3 is 2.08 bits per heavy atom. The van der Waals surface area contributed by atoms with Crippen molar-refractivity contribution in [1.82, 2.24) is 16.0 Å². The lowest BCUT2D eigenvalue weighted by Crippen LogP contribution is -2.49. The molecule has 0 spiro atoms. The third kappa shape index (κ3) is 11.0. The van der Waals surface area contributed by atoms with Gasteiger partial charge in [0.25, 0.3) is 11.6 Å². The number of non-ortho nitro benzene ring substituents is 1. The quantitative estimate of drug-likeness (QED) is 0.0902. The monoisotopic (exact) mass is 564 g/mol. The number of carboxylic acid groups (broad SMARTS) is 1. The minimum absolute atomic E-state index is 0.163. The molecule has 0 aliphatic carbocycles. The maximum atomic E-state index is 12.1. The number of amides is 3. The molecular weight excluding hydrogens is 539 g/mol. The topological polar surface area (TPSA) is 214 Å². The number of carbonyl (C=O) groups excluding carboxylic acids is 4. The Morgan fingerprint density at radius 2 is 1.57 bits per heavy atom. The number of esters is 1. The first-order chi connectivity index (χ1) is 17.2. The number of carbonyl (C=O) groups is 5. The largest absolute Gasteiger partial charge is 0.480 e. The minimum atomic E-state index is -1.50. The lowest BCUT2D eigenvalue weighted by molar-refractivity contribution is -0.384. The number of benzene rings is 1. The van der Waals surface area contributed by atoms with E-state index in [1.54, 1.807) is 0 Å². The fraction of sp³-hybridized carbons (Fsp3) is 0.476. The number of hydrogen-bond acceptors (Lipinski definition) is 9. The van der Waals surface area contributed by atoms with Gasteiger partial charge in [-0.1, -0.05) is 23.2 Å². The van der Waals surface area contributed by atoms with Crippen molar-refractivity contribution in [3.05, 3.63) is 39.9 Å². The zero-order valence-electron chi connectivity index (χ0n) is 19.7. The summed E-state index contributed by atoms with van der Waals surface area (Å²) >= 11 is 11.0. The normalized spacial score (nSPS) is 14.0. The Hall–Kier alpha value is -3.49. The number of nitro groups is 1. The molecule has 1 aromatic rings. The summed E-state index contributed by atoms with van der Waals surface area (Å²) in [5.41, 5.74) is -0.0671. The molecule has 1 aromatic carbocycles. The maximum Gasteiger partial charge on any atom is 0.325 e. The summed E-state index contributed by atoms with van der Waals surface area (Å²) in [4.78, 5) is 67.4. The number of alkyl halides is 2. The Kier molecular flexibility index (Phi) is 12.7. The second-order valence-corrected chi connectivity index (χ2v) is 8.85. The first-order valence-corrected chi connectivity index (χ1v) is 11.6. The minimum Gasteiger partial charge on any atom is -0.480 e. The van der Waals surface area contributed by atoms with Crippen molar-refractivity contribution < 1.29 is 43.8 Å². The van der Waals surface area contributed by atoms with Gasteiger partial charge < -0.3 is 30.9 Å². The molecule has 3 amide bonds. The average molecular weight is 565 g/mol. The van der Waals surface area contributed by atoms with Gasteiger partial charge in [-0.3, -0.25) is 34.1 Å². The Balaban J connectivity index is 2.68. The van der Waals surface area contributed by atoms with Crippen LogP contribution in [0.4, 0.5) is 5.69 Å². The van der Waals surface area contributed by atoms with E-state index in [-0.39, 0.29) is 17.7 Å². The van der Waals surface area contributed by atoms with Crippen LogP contribution in [0.1, 0.15) is 38.4 Å². The first-order valence-electron chi connectivity index (χ1n) is 10.7. The molecule has 0 unspecified atom stereocenters. The molecule has 0 saturated heterocycles. The number of nitrogens with one attached hydrogen (secondary N) is 3. The molecule has 204 valence electrons. The summed E-state index contributed by atoms with van der Waals surface area (Å²) in [6.07, 6.45) is -2.27. The molecule has 0 heterocycles. The molecule has 16 heteroatoms. The van der Waals surface area contributed by atoms with Gasteiger partial charge in [0.05, 0.1) is 17.4 Å². The highest BCUT2D eigenvalue weighted by Crippen LogP contribution is 2.21. The zero-order valence-corrected chi connectivity index (χ0v) is 21.2. The van der Waals surface area contributed by atoms with E-state index in [0.717, 1.165) is 12.1 Å². The summed E-state index contributed by atoms with van der Waals surface area (Å²) < 4.78 is 5.04. The Labute approximate surface area is 220 Å². The molecular formula is C21H26Cl2N4O10. The second kappa shape index (κ2) is 14.9. The molecule has 0 saturated carbocycles. The lowest BCUT2D eigenvalue weighted by atomic mass is 10.0. The number of hydrogen-bond donors (Lipinski definition) is 5. The molecule has 0 aliphatic heterocycles. The summed E-state index contributed by atoms with van der Waals surface area (Å²) in [7, 11) is 0. The summed E-state index contributed by atoms with van der Waals surface area (Å²) in [6, 6.07) is 1.30. The van der Waals surface area contributed by atoms with Gasteiger partial charge in [-0.15, -0.1) is 0 Å². The Bertz CT molecular complexity index is 1010. The van der Waals surface area contributed by atoms with Gasteiger partial charge in [0.2, 0.25) is 11.8 Å². The smallest absolute Gasteiger partial charge is 0.325 e. The highest BCUT2D eigenvalue weighted by Gasteiger charge is 2.27. The van der Waals surface area contributed by atoms with Crippen molar-refractivity contribution in [3.63, 3.8) is 0 Å². The fourth-order valence-corrected chi connectivity index (χ4v) is 2.86. The van der Waals surface area contributed by atoms with Crippen molar-refractivity contribution in [2.75, 3.05) is 6.61 Å². The van der Waals surface area contributed by atoms with E-state index in [4.69, 9.17) is 33.0 Å². The molecule has 14 nitrogen and oxygen atoms in total. The van der Waals surface area contributed by atoms with Crippen molar-refractivity contribution in [2.45, 2.75) is 55.8 Å². The van der Waals surface area contributed by atoms with Gasteiger partial charge in [0, 0.05) is 18.6 Å². The van der Waals surface area contributed by atoms with E-state index < -0.39 is 76.7 Å². The third-order valence-electron chi connectivity index (χ3n) is 4.83. The van der Waals surface area contributed by atoms with Crippen molar-refractivity contribution in [1.29, 1.82) is 0 Å². The highest BCUT2D eigenvalue weighted by molar-refractivity contribution is 6.53. The lowest BCUT2D eigenvalue weighted by Gasteiger charge is -2.24. The van der Waals surface area contributed by atoms with E-state index >= 15 is 0 Å². The summed E-state index contributed by atoms with van der Waals surface area (Å²) in [5, 5.41) is 37.0. The number of aliphatic hydroxyl groups is 1. The molecule has 0 fully saturated rings. The van der Waals surface area contributed by atoms with Crippen molar-refractivity contribution in [2.24, 2.45) is 0 Å². The molecule has 0 radical (unpaired) electrons. The standard InChI is InChI=1S/C21H26Cl2N4O10/c1-10(19(31)25-11(2)21(33)34)24-15(28)7-8-16(29)37-9-14(26-20(32)18(22)23)17(30)12-3-5-13(6-4-12)27(35)36/h3-6,10-11,14,17-18,30H,7-9H2,1-2H3,(H,24,28)(H,25,31)(H,26,32)(H,33,34)/t10-,11-,14+,17+/m0/s1. The maximum absolute atomic E-state index is 12.1. The molecule has 1 rings (SSSR count). The van der Waals surface area contributed by atoms with E-state index in [9.17, 15) is 39.2 Å². The Morgan fingerprint density at radius 1 is 0.973 bits per heavy atom. The van der Waals surface area contributed by atoms with Gasteiger partial charge >= 0.3 is 11.9 Å². The van der Waals surface area contributed by atoms with Crippen LogP contribution in [-0.2, 0) is 28.7 Å². The predicted molar refractivity (Wildman–Crippen MR) is 129 cm³/mol. The van der Waals surface area contributed by atoms with Crippen LogP contribution in [0.25, 0.3) is 0 Å². The SMILES string of the molecule is C[C@H](NC(=O)[C@H](C)NC(=O)CCC(=O)OC[C@@H](NC(=O)C(Cl)Cl)[C@H](O)c1ccc([N+](=O)[O-])cc1)C(=O)O. The van der Waals surface area contributed by atoms with Crippen LogP contribution in [0, 0.1) is 10.1 Å². The first kappa shape index (κ1) is 31.5. The van der Waals surface area contributed by atoms with Gasteiger partial charge in [0.1, 0.15) is 24.8 Å². The van der Waals surface area contributed by atoms with Crippen LogP contribution in [0.5, 0.6) is 0 Å². The van der Waals surface area contributed by atoms with Crippen LogP contribution >= 0.6 is 23.2 Å². The molecule has 0 bridgehead atoms. The number of aliphatic carboxylic acids is 1. The molecule has 0 aliphatic rings. The van der Waals surface area contributed by atoms with Crippen molar-refractivity contribution in [3.8, 4) is 0 Å². The summed E-state index contributed by atoms with van der Waals surface area (Å²) in [6.45, 7) is 2.02. The molecule has 5 N–H and O–H groups in total. The number of halogens is 2. The van der Waals surface area contributed by atoms with Crippen molar-refractivity contribution >= 4 is 58.5 Å². The molecule has 0 aromatic heterocycles. The van der Waals surface area contributed by atoms with Gasteiger partial charge in [-0.25, -0.2) is 0 Å². The van der Waals surface area contributed by atoms with Crippen LogP contribution < -0.4 is 16.0 Å². The van der Waals surface area contributed by atoms with Crippen LogP contribution in [0.3, 0.4) is 0 Å². The fourth-order valence-electron chi connectivity index (χ4n) is 2.73. The molecule has 37 heavy (non-hydrogen) atoms. The number of ether oxygens (including phenoxy) is 1. The van der Waals surface area contributed by atoms with Crippen LogP contribution in [-0.4, -0.2) is 74.4 Å². The number of nitro benzene ring substituents is 1. The summed E-state index contributed by atoms with van der Waals surface area (Å²) in [5.74, 6) is -4.45. The van der Waals surface area contributed by atoms with Crippen LogP contribution in [0.2, 0.25) is 0 Å². The van der Waals surface area contributed by atoms with Gasteiger partial charge in [0.15, 0.2) is 4.84 Å². The number of carboxylic acids is 1. The van der Waals surface area contributed by atoms with Gasteiger partial charge in [-0.2, -0.15) is 0 Å². The average Bonchev–Trinajstić information content (AvgIpc) is 2.84. The highest BCUT2D eigenvalue weighted by atomic mass is 35.5. The van der Waals surface area contributed by atoms with E-state index in [1.807, 2.05) is 0 Å². The van der Waals surface area contributed by atoms with E-state index in [1.165, 1.54) is 26.0 Å². The van der Waals surface area contributed by atoms with E-state index in [0.29, 0.717) is 0 Å². The van der Waals surface area contributed by atoms with E-state index in [2.05, 4.69) is 16.0 Å². The van der Waals surface area contributed by atoms with Crippen LogP contribution in [0.15, 0.2) is 24.3 Å².